The summed E-state index contributed by atoms with van der Waals surface area (Å²) in [5, 5.41) is 4.52. The largest absolute Gasteiger partial charge is 0.496 e. The van der Waals surface area contributed by atoms with E-state index in [-0.39, 0.29) is 5.91 Å². The number of ether oxygens (including phenoxy) is 1. The molecule has 1 N–H and O–H groups in total. The molecule has 6 heteroatoms. The van der Waals surface area contributed by atoms with Crippen molar-refractivity contribution in [3.8, 4) is 5.75 Å². The molecule has 1 aliphatic rings. The maximum absolute atomic E-state index is 12.3. The molecule has 2 aromatic carbocycles. The molecule has 0 unspecified atom stereocenters. The molecule has 28 heavy (non-hydrogen) atoms. The molecule has 1 saturated heterocycles. The number of amides is 1. The highest BCUT2D eigenvalue weighted by atomic mass is 32.2. The van der Waals surface area contributed by atoms with Crippen molar-refractivity contribution in [2.75, 3.05) is 13.7 Å². The molecule has 4 rings (SSSR count). The van der Waals surface area contributed by atoms with Crippen LogP contribution in [0.15, 0.2) is 70.7 Å². The van der Waals surface area contributed by atoms with Crippen LogP contribution in [0.1, 0.15) is 11.1 Å². The third-order valence-corrected chi connectivity index (χ3v) is 5.35. The first-order valence-electron chi connectivity index (χ1n) is 8.95. The molecular weight excluding hydrogens is 370 g/mol. The van der Waals surface area contributed by atoms with E-state index in [1.54, 1.807) is 13.3 Å². The van der Waals surface area contributed by atoms with Crippen LogP contribution >= 0.6 is 11.8 Å². The lowest BCUT2D eigenvalue weighted by Gasteiger charge is -2.06. The van der Waals surface area contributed by atoms with E-state index in [0.29, 0.717) is 16.6 Å². The fourth-order valence-corrected chi connectivity index (χ4v) is 3.87. The molecule has 0 spiro atoms. The number of benzene rings is 2. The number of aromatic nitrogens is 1. The summed E-state index contributed by atoms with van der Waals surface area (Å²) in [6, 6.07) is 17.8. The molecule has 1 amide bonds. The predicted molar refractivity (Wildman–Crippen MR) is 114 cm³/mol. The van der Waals surface area contributed by atoms with Gasteiger partial charge in [0, 0.05) is 18.1 Å². The smallest absolute Gasteiger partial charge is 0.264 e. The Balaban J connectivity index is 1.45. The van der Waals surface area contributed by atoms with Gasteiger partial charge in [0.05, 0.1) is 17.5 Å². The summed E-state index contributed by atoms with van der Waals surface area (Å²) in [4.78, 5) is 21.8. The summed E-state index contributed by atoms with van der Waals surface area (Å²) in [5.41, 5.74) is 3.00. The fraction of sp³-hybridized carbons (Fsp3) is 0.136. The SMILES string of the molecule is COc1ccccc1CCN=C1NC(=O)/C(=C/c2ccc3ncccc3c2)S1. The number of nitrogens with zero attached hydrogens (tertiary/aromatic N) is 2. The van der Waals surface area contributed by atoms with Gasteiger partial charge >= 0.3 is 0 Å². The van der Waals surface area contributed by atoms with E-state index in [4.69, 9.17) is 4.74 Å². The number of pyridine rings is 1. The summed E-state index contributed by atoms with van der Waals surface area (Å²) in [6.45, 7) is 0.581. The molecular formula is C22H19N3O2S. The van der Waals surface area contributed by atoms with Crippen molar-refractivity contribution < 1.29 is 9.53 Å². The zero-order chi connectivity index (χ0) is 19.3. The average molecular weight is 389 g/mol. The number of hydrogen-bond donors (Lipinski definition) is 1. The zero-order valence-corrected chi connectivity index (χ0v) is 16.2. The molecule has 0 radical (unpaired) electrons. The molecule has 2 heterocycles. The van der Waals surface area contributed by atoms with Crippen LogP contribution in [0, 0.1) is 0 Å². The summed E-state index contributed by atoms with van der Waals surface area (Å²) in [7, 11) is 1.66. The lowest BCUT2D eigenvalue weighted by molar-refractivity contribution is -0.115. The third kappa shape index (κ3) is 4.07. The van der Waals surface area contributed by atoms with Crippen molar-refractivity contribution in [1.82, 2.24) is 10.3 Å². The quantitative estimate of drug-likeness (QED) is 0.669. The van der Waals surface area contributed by atoms with Crippen LogP contribution in [-0.4, -0.2) is 29.7 Å². The van der Waals surface area contributed by atoms with Crippen LogP contribution in [0.2, 0.25) is 0 Å². The van der Waals surface area contributed by atoms with Gasteiger partial charge in [-0.3, -0.25) is 14.8 Å². The van der Waals surface area contributed by atoms with Gasteiger partial charge in [0.15, 0.2) is 5.17 Å². The van der Waals surface area contributed by atoms with Crippen molar-refractivity contribution >= 4 is 39.8 Å². The number of carbonyl (C=O) groups is 1. The van der Waals surface area contributed by atoms with Gasteiger partial charge in [-0.15, -0.1) is 0 Å². The van der Waals surface area contributed by atoms with E-state index < -0.39 is 0 Å². The summed E-state index contributed by atoms with van der Waals surface area (Å²) < 4.78 is 5.36. The highest BCUT2D eigenvalue weighted by Crippen LogP contribution is 2.27. The Hall–Kier alpha value is -3.12. The lowest BCUT2D eigenvalue weighted by Crippen LogP contribution is -2.20. The van der Waals surface area contributed by atoms with Gasteiger partial charge in [0.1, 0.15) is 5.75 Å². The Bertz CT molecular complexity index is 1090. The number of thioether (sulfide) groups is 1. The van der Waals surface area contributed by atoms with E-state index in [0.717, 1.165) is 34.2 Å². The maximum Gasteiger partial charge on any atom is 0.264 e. The zero-order valence-electron chi connectivity index (χ0n) is 15.4. The Morgan fingerprint density at radius 1 is 1.18 bits per heavy atom. The second-order valence-corrected chi connectivity index (χ2v) is 7.30. The van der Waals surface area contributed by atoms with Gasteiger partial charge in [0.2, 0.25) is 0 Å². The van der Waals surface area contributed by atoms with Crippen LogP contribution in [0.4, 0.5) is 0 Å². The number of rotatable bonds is 5. The Morgan fingerprint density at radius 2 is 2.07 bits per heavy atom. The minimum atomic E-state index is -0.118. The lowest BCUT2D eigenvalue weighted by atomic mass is 10.1. The molecule has 1 fully saturated rings. The predicted octanol–water partition coefficient (Wildman–Crippen LogP) is 4.05. The number of methoxy groups -OCH3 is 1. The normalized spacial score (nSPS) is 16.7. The van der Waals surface area contributed by atoms with Crippen LogP contribution < -0.4 is 10.1 Å². The van der Waals surface area contributed by atoms with Crippen LogP contribution in [0.5, 0.6) is 5.75 Å². The molecule has 0 aliphatic carbocycles. The topological polar surface area (TPSA) is 63.6 Å². The standard InChI is InChI=1S/C22H19N3O2S/c1-27-19-7-3-2-5-16(19)10-12-24-22-25-21(26)20(28-22)14-15-8-9-18-17(13-15)6-4-11-23-18/h2-9,11,13-14H,10,12H2,1H3,(H,24,25,26)/b20-14-. The Kier molecular flexibility index (Phi) is 5.39. The van der Waals surface area contributed by atoms with Gasteiger partial charge < -0.3 is 10.1 Å². The van der Waals surface area contributed by atoms with Gasteiger partial charge in [0.25, 0.3) is 5.91 Å². The Morgan fingerprint density at radius 3 is 2.96 bits per heavy atom. The molecule has 0 atom stereocenters. The van der Waals surface area contributed by atoms with Crippen molar-refractivity contribution in [2.45, 2.75) is 6.42 Å². The van der Waals surface area contributed by atoms with E-state index in [1.807, 2.05) is 60.7 Å². The average Bonchev–Trinajstić information content (AvgIpc) is 3.07. The minimum Gasteiger partial charge on any atom is -0.496 e. The van der Waals surface area contributed by atoms with Crippen LogP contribution in [-0.2, 0) is 11.2 Å². The molecule has 140 valence electrons. The number of aliphatic imine (C=N–C) groups is 1. The van der Waals surface area contributed by atoms with E-state index in [1.165, 1.54) is 11.8 Å². The maximum atomic E-state index is 12.3. The number of hydrogen-bond acceptors (Lipinski definition) is 5. The molecule has 3 aromatic rings. The second-order valence-electron chi connectivity index (χ2n) is 6.27. The van der Waals surface area contributed by atoms with Crippen LogP contribution in [0.25, 0.3) is 17.0 Å². The molecule has 5 nitrogen and oxygen atoms in total. The number of amidine groups is 1. The highest BCUT2D eigenvalue weighted by Gasteiger charge is 2.23. The number of para-hydroxylation sites is 1. The number of fused-ring (bicyclic) bond motifs is 1. The summed E-state index contributed by atoms with van der Waals surface area (Å²) in [6.07, 6.45) is 4.41. The first-order chi connectivity index (χ1) is 13.7. The molecule has 0 saturated carbocycles. The summed E-state index contributed by atoms with van der Waals surface area (Å²) in [5.74, 6) is 0.740. The van der Waals surface area contributed by atoms with Gasteiger partial charge in [-0.1, -0.05) is 30.3 Å². The van der Waals surface area contributed by atoms with E-state index >= 15 is 0 Å². The van der Waals surface area contributed by atoms with Crippen molar-refractivity contribution in [3.63, 3.8) is 0 Å². The first kappa shape index (κ1) is 18.3. The van der Waals surface area contributed by atoms with Gasteiger partial charge in [-0.05, 0) is 59.7 Å². The molecule has 1 aromatic heterocycles. The van der Waals surface area contributed by atoms with Gasteiger partial charge in [-0.25, -0.2) is 0 Å². The van der Waals surface area contributed by atoms with E-state index in [9.17, 15) is 4.79 Å². The summed E-state index contributed by atoms with van der Waals surface area (Å²) >= 11 is 1.37. The van der Waals surface area contributed by atoms with Crippen molar-refractivity contribution in [1.29, 1.82) is 0 Å². The number of nitrogens with one attached hydrogen (secondary N) is 1. The fourth-order valence-electron chi connectivity index (χ4n) is 3.02. The van der Waals surface area contributed by atoms with Crippen LogP contribution in [0.3, 0.4) is 0 Å². The minimum absolute atomic E-state index is 0.118. The first-order valence-corrected chi connectivity index (χ1v) is 9.76. The highest BCUT2D eigenvalue weighted by molar-refractivity contribution is 8.18. The third-order valence-electron chi connectivity index (χ3n) is 4.40. The molecule has 1 aliphatic heterocycles. The number of carbonyl (C=O) groups excluding carboxylic acids is 1. The van der Waals surface area contributed by atoms with Crippen molar-refractivity contribution in [2.24, 2.45) is 4.99 Å². The monoisotopic (exact) mass is 389 g/mol. The van der Waals surface area contributed by atoms with E-state index in [2.05, 4.69) is 15.3 Å². The molecule has 0 bridgehead atoms. The van der Waals surface area contributed by atoms with Crippen molar-refractivity contribution in [3.05, 3.63) is 76.8 Å². The Labute approximate surface area is 167 Å². The second kappa shape index (κ2) is 8.27. The van der Waals surface area contributed by atoms with Gasteiger partial charge in [-0.2, -0.15) is 0 Å².